The minimum absolute atomic E-state index is 0.00737. The number of hydrogen-bond acceptors (Lipinski definition) is 6. The zero-order valence-electron chi connectivity index (χ0n) is 14.8. The van der Waals surface area contributed by atoms with E-state index in [1.165, 1.54) is 30.5 Å². The fourth-order valence-corrected chi connectivity index (χ4v) is 3.54. The van der Waals surface area contributed by atoms with Crippen molar-refractivity contribution in [3.05, 3.63) is 61.2 Å². The molecular weight excluding hydrogens is 435 g/mol. The number of hydrogen-bond donors (Lipinski definition) is 0. The maximum Gasteiger partial charge on any atom is 0.431 e. The van der Waals surface area contributed by atoms with E-state index in [4.69, 9.17) is 16.3 Å². The third kappa shape index (κ3) is 4.10. The van der Waals surface area contributed by atoms with Gasteiger partial charge in [0.05, 0.1) is 16.1 Å². The third-order valence-corrected chi connectivity index (χ3v) is 4.96. The van der Waals surface area contributed by atoms with Gasteiger partial charge in [-0.25, -0.2) is 14.3 Å². The molecule has 0 N–H and O–H groups in total. The predicted molar refractivity (Wildman–Crippen MR) is 99.7 cm³/mol. The molecule has 0 spiro atoms. The molecule has 0 aliphatic carbocycles. The van der Waals surface area contributed by atoms with E-state index in [2.05, 4.69) is 4.98 Å². The minimum Gasteiger partial charge on any atom is -0.407 e. The van der Waals surface area contributed by atoms with E-state index in [0.717, 1.165) is 18.4 Å². The molecule has 0 amide bonds. The number of ether oxygens (including phenoxy) is 1. The summed E-state index contributed by atoms with van der Waals surface area (Å²) in [5, 5.41) is 2.00. The van der Waals surface area contributed by atoms with Crippen LogP contribution in [0.4, 0.5) is 13.2 Å². The standard InChI is InChI=1S/C17H11ClF3N3O4S/c1-8(25)28-13-7-29-15(22-13)10-5-9(3-4-11(10)18)24-14(26)6-12(17(19,20)21)23(2)16(24)27/h3-7H,1-2H3. The van der Waals surface area contributed by atoms with Crippen LogP contribution in [0.2, 0.25) is 5.02 Å². The smallest absolute Gasteiger partial charge is 0.407 e. The number of esters is 1. The van der Waals surface area contributed by atoms with Crippen molar-refractivity contribution in [2.24, 2.45) is 7.05 Å². The molecule has 0 bridgehead atoms. The molecule has 152 valence electrons. The Labute approximate surface area is 169 Å². The Hall–Kier alpha value is -2.92. The monoisotopic (exact) mass is 445 g/mol. The molecule has 0 aliphatic heterocycles. The lowest BCUT2D eigenvalue weighted by Gasteiger charge is -2.14. The summed E-state index contributed by atoms with van der Waals surface area (Å²) in [5.74, 6) is -0.525. The van der Waals surface area contributed by atoms with E-state index in [9.17, 15) is 27.6 Å². The second-order valence-corrected chi connectivity index (χ2v) is 7.06. The first-order valence-electron chi connectivity index (χ1n) is 7.83. The van der Waals surface area contributed by atoms with Gasteiger partial charge in [-0.3, -0.25) is 14.2 Å². The van der Waals surface area contributed by atoms with Crippen molar-refractivity contribution in [1.29, 1.82) is 0 Å². The summed E-state index contributed by atoms with van der Waals surface area (Å²) in [5.41, 5.74) is -3.36. The SMILES string of the molecule is CC(=O)Oc1csc(-c2cc(-n3c(=O)cc(C(F)(F)F)n(C)c3=O)ccc2Cl)n1. The first-order chi connectivity index (χ1) is 13.5. The van der Waals surface area contributed by atoms with E-state index in [1.807, 2.05) is 0 Å². The van der Waals surface area contributed by atoms with Crippen LogP contribution in [0.15, 0.2) is 39.2 Å². The van der Waals surface area contributed by atoms with E-state index in [1.54, 1.807) is 0 Å². The summed E-state index contributed by atoms with van der Waals surface area (Å²) in [4.78, 5) is 39.8. The van der Waals surface area contributed by atoms with Crippen LogP contribution in [0.25, 0.3) is 16.3 Å². The second-order valence-electron chi connectivity index (χ2n) is 5.79. The number of halogens is 4. The van der Waals surface area contributed by atoms with Crippen molar-refractivity contribution in [1.82, 2.24) is 14.1 Å². The van der Waals surface area contributed by atoms with Gasteiger partial charge in [0.25, 0.3) is 5.56 Å². The Morgan fingerprint density at radius 1 is 1.24 bits per heavy atom. The molecule has 3 rings (SSSR count). The highest BCUT2D eigenvalue weighted by molar-refractivity contribution is 7.13. The van der Waals surface area contributed by atoms with Crippen molar-refractivity contribution < 1.29 is 22.7 Å². The topological polar surface area (TPSA) is 83.2 Å². The quantitative estimate of drug-likeness (QED) is 0.578. The number of rotatable bonds is 3. The number of nitrogens with zero attached hydrogens (tertiary/aromatic N) is 3. The molecule has 2 heterocycles. The Kier molecular flexibility index (Phi) is 5.37. The van der Waals surface area contributed by atoms with E-state index < -0.39 is 29.1 Å². The molecule has 0 saturated carbocycles. The summed E-state index contributed by atoms with van der Waals surface area (Å²) in [7, 11) is 0.921. The highest BCUT2D eigenvalue weighted by Gasteiger charge is 2.35. The summed E-state index contributed by atoms with van der Waals surface area (Å²) in [6, 6.07) is 4.39. The molecule has 1 aromatic carbocycles. The summed E-state index contributed by atoms with van der Waals surface area (Å²) >= 11 is 7.26. The highest BCUT2D eigenvalue weighted by Crippen LogP contribution is 2.34. The third-order valence-electron chi connectivity index (χ3n) is 3.78. The van der Waals surface area contributed by atoms with Crippen molar-refractivity contribution in [3.63, 3.8) is 0 Å². The molecule has 7 nitrogen and oxygen atoms in total. The van der Waals surface area contributed by atoms with Crippen LogP contribution < -0.4 is 16.0 Å². The van der Waals surface area contributed by atoms with Gasteiger partial charge in [-0.1, -0.05) is 11.6 Å². The normalized spacial score (nSPS) is 11.5. The largest absolute Gasteiger partial charge is 0.431 e. The predicted octanol–water partition coefficient (Wildman–Crippen LogP) is 3.26. The van der Waals surface area contributed by atoms with Gasteiger partial charge < -0.3 is 4.74 Å². The fraction of sp³-hybridized carbons (Fsp3) is 0.176. The Bertz CT molecular complexity index is 1230. The van der Waals surface area contributed by atoms with Crippen molar-refractivity contribution in [2.45, 2.75) is 13.1 Å². The van der Waals surface area contributed by atoms with E-state index in [0.29, 0.717) is 25.8 Å². The lowest BCUT2D eigenvalue weighted by atomic mass is 10.2. The molecule has 0 atom stereocenters. The minimum atomic E-state index is -4.86. The summed E-state index contributed by atoms with van der Waals surface area (Å²) in [6.45, 7) is 1.21. The van der Waals surface area contributed by atoms with Crippen LogP contribution in [0.3, 0.4) is 0 Å². The van der Waals surface area contributed by atoms with Gasteiger partial charge in [-0.05, 0) is 18.2 Å². The molecule has 29 heavy (non-hydrogen) atoms. The lowest BCUT2D eigenvalue weighted by Crippen LogP contribution is -2.40. The molecule has 0 radical (unpaired) electrons. The van der Waals surface area contributed by atoms with E-state index >= 15 is 0 Å². The van der Waals surface area contributed by atoms with Crippen LogP contribution in [0, 0.1) is 0 Å². The molecule has 2 aromatic heterocycles. The molecule has 0 saturated heterocycles. The Balaban J connectivity index is 2.15. The van der Waals surface area contributed by atoms with Gasteiger partial charge in [0.2, 0.25) is 5.88 Å². The van der Waals surface area contributed by atoms with Crippen LogP contribution in [-0.2, 0) is 18.0 Å². The maximum absolute atomic E-state index is 13.0. The Morgan fingerprint density at radius 2 is 1.93 bits per heavy atom. The first kappa shape index (κ1) is 20.8. The molecule has 3 aromatic rings. The molecule has 0 fully saturated rings. The number of benzene rings is 1. The molecule has 12 heteroatoms. The summed E-state index contributed by atoms with van der Waals surface area (Å²) < 4.78 is 44.8. The fourth-order valence-electron chi connectivity index (χ4n) is 2.53. The van der Waals surface area contributed by atoms with Gasteiger partial charge in [-0.15, -0.1) is 11.3 Å². The van der Waals surface area contributed by atoms with Crippen molar-refractivity contribution in [3.8, 4) is 22.1 Å². The zero-order chi connectivity index (χ0) is 21.5. The number of aromatic nitrogens is 3. The average Bonchev–Trinajstić information content (AvgIpc) is 3.06. The maximum atomic E-state index is 13.0. The molecule has 0 unspecified atom stereocenters. The lowest BCUT2D eigenvalue weighted by molar-refractivity contribution is -0.144. The zero-order valence-corrected chi connectivity index (χ0v) is 16.4. The average molecular weight is 446 g/mol. The number of carbonyl (C=O) groups excluding carboxylic acids is 1. The highest BCUT2D eigenvalue weighted by atomic mass is 35.5. The first-order valence-corrected chi connectivity index (χ1v) is 9.09. The van der Waals surface area contributed by atoms with Gasteiger partial charge in [-0.2, -0.15) is 13.2 Å². The van der Waals surface area contributed by atoms with Crippen LogP contribution >= 0.6 is 22.9 Å². The van der Waals surface area contributed by atoms with Gasteiger partial charge in [0.15, 0.2) is 0 Å². The van der Waals surface area contributed by atoms with Crippen LogP contribution in [-0.4, -0.2) is 20.1 Å². The van der Waals surface area contributed by atoms with Crippen LogP contribution in [0.5, 0.6) is 5.88 Å². The summed E-state index contributed by atoms with van der Waals surface area (Å²) in [6.07, 6.45) is -4.86. The second kappa shape index (κ2) is 7.48. The number of alkyl halides is 3. The van der Waals surface area contributed by atoms with Crippen molar-refractivity contribution in [2.75, 3.05) is 0 Å². The molecular formula is C17H11ClF3N3O4S. The van der Waals surface area contributed by atoms with Gasteiger partial charge in [0.1, 0.15) is 10.7 Å². The van der Waals surface area contributed by atoms with Gasteiger partial charge in [0, 0.05) is 25.6 Å². The molecule has 0 aliphatic rings. The number of thiazole rings is 1. The van der Waals surface area contributed by atoms with Gasteiger partial charge >= 0.3 is 17.8 Å². The van der Waals surface area contributed by atoms with E-state index in [-0.39, 0.29) is 16.6 Å². The van der Waals surface area contributed by atoms with Crippen molar-refractivity contribution >= 4 is 28.9 Å². The Morgan fingerprint density at radius 3 is 2.55 bits per heavy atom. The number of carbonyl (C=O) groups is 1. The van der Waals surface area contributed by atoms with Crippen LogP contribution in [0.1, 0.15) is 12.6 Å².